The van der Waals surface area contributed by atoms with Crippen molar-refractivity contribution in [3.05, 3.63) is 83.3 Å². The fourth-order valence-corrected chi connectivity index (χ4v) is 6.18. The van der Waals surface area contributed by atoms with Gasteiger partial charge in [-0.2, -0.15) is 5.10 Å². The van der Waals surface area contributed by atoms with Crippen LogP contribution in [-0.2, 0) is 10.0 Å². The van der Waals surface area contributed by atoms with Crippen LogP contribution < -0.4 is 9.62 Å². The molecule has 1 aromatic heterocycles. The van der Waals surface area contributed by atoms with E-state index in [9.17, 15) is 12.8 Å². The Morgan fingerprint density at radius 2 is 1.65 bits per heavy atom. The molecule has 34 heavy (non-hydrogen) atoms. The molecule has 0 saturated heterocycles. The van der Waals surface area contributed by atoms with Crippen LogP contribution in [0.4, 0.5) is 15.8 Å². The summed E-state index contributed by atoms with van der Waals surface area (Å²) in [6.45, 7) is 7.91. The number of nitrogens with zero attached hydrogens (tertiary/aromatic N) is 2. The number of hydrogen-bond donors (Lipinski definition) is 2. The Balaban J connectivity index is 1.68. The van der Waals surface area contributed by atoms with E-state index in [-0.39, 0.29) is 11.9 Å². The highest BCUT2D eigenvalue weighted by molar-refractivity contribution is 7.89. The highest BCUT2D eigenvalue weighted by atomic mass is 32.2. The standard InChI is InChI=1S/C26H29FN4O2S/c1-5-22(30-34(32,33)26-18(3)12-17(2)13-19(26)4)16-31(23-8-6-21(27)7-9-23)24-10-11-25-20(14-24)15-28-29-25/h6-15,22,30H,5,16H2,1-4H3,(H,28,29). The number of aromatic amines is 1. The number of nitrogens with one attached hydrogen (secondary N) is 2. The third-order valence-corrected chi connectivity index (χ3v) is 7.79. The van der Waals surface area contributed by atoms with Crippen LogP contribution in [0.25, 0.3) is 10.9 Å². The molecule has 178 valence electrons. The Morgan fingerprint density at radius 1 is 1.00 bits per heavy atom. The second kappa shape index (κ2) is 9.56. The fraction of sp³-hybridized carbons (Fsp3) is 0.269. The quantitative estimate of drug-likeness (QED) is 0.348. The zero-order valence-corrected chi connectivity index (χ0v) is 20.6. The van der Waals surface area contributed by atoms with Crippen LogP contribution >= 0.6 is 0 Å². The van der Waals surface area contributed by atoms with Gasteiger partial charge in [0.05, 0.1) is 16.6 Å². The van der Waals surface area contributed by atoms with Gasteiger partial charge in [-0.25, -0.2) is 17.5 Å². The van der Waals surface area contributed by atoms with Gasteiger partial charge in [-0.05, 0) is 80.8 Å². The molecule has 0 bridgehead atoms. The molecule has 8 heteroatoms. The van der Waals surface area contributed by atoms with Gasteiger partial charge < -0.3 is 4.90 Å². The summed E-state index contributed by atoms with van der Waals surface area (Å²) in [5.41, 5.74) is 5.01. The number of halogens is 1. The molecule has 0 amide bonds. The Bertz CT molecular complexity index is 1390. The summed E-state index contributed by atoms with van der Waals surface area (Å²) in [6.07, 6.45) is 2.32. The van der Waals surface area contributed by atoms with Crippen molar-refractivity contribution in [3.63, 3.8) is 0 Å². The van der Waals surface area contributed by atoms with Gasteiger partial charge in [0.1, 0.15) is 5.82 Å². The fourth-order valence-electron chi connectivity index (χ4n) is 4.42. The maximum atomic E-state index is 13.6. The molecule has 0 aliphatic heterocycles. The lowest BCUT2D eigenvalue weighted by Crippen LogP contribution is -2.42. The molecule has 0 aliphatic carbocycles. The molecule has 4 aromatic rings. The lowest BCUT2D eigenvalue weighted by molar-refractivity contribution is 0.539. The molecular weight excluding hydrogens is 451 g/mol. The Labute approximate surface area is 199 Å². The molecule has 0 spiro atoms. The van der Waals surface area contributed by atoms with Gasteiger partial charge in [-0.15, -0.1) is 0 Å². The van der Waals surface area contributed by atoms with Crippen LogP contribution in [0.2, 0.25) is 0 Å². The van der Waals surface area contributed by atoms with E-state index >= 15 is 0 Å². The summed E-state index contributed by atoms with van der Waals surface area (Å²) in [4.78, 5) is 2.32. The van der Waals surface area contributed by atoms with Gasteiger partial charge in [0.25, 0.3) is 0 Å². The number of aromatic nitrogens is 2. The van der Waals surface area contributed by atoms with Gasteiger partial charge in [-0.1, -0.05) is 24.6 Å². The van der Waals surface area contributed by atoms with Crippen LogP contribution in [0.3, 0.4) is 0 Å². The molecule has 2 N–H and O–H groups in total. The van der Waals surface area contributed by atoms with Crippen molar-refractivity contribution in [1.82, 2.24) is 14.9 Å². The van der Waals surface area contributed by atoms with Crippen molar-refractivity contribution in [2.45, 2.75) is 45.1 Å². The minimum absolute atomic E-state index is 0.324. The summed E-state index contributed by atoms with van der Waals surface area (Å²) in [6, 6.07) is 15.5. The van der Waals surface area contributed by atoms with Gasteiger partial charge in [-0.3, -0.25) is 5.10 Å². The normalized spacial score (nSPS) is 12.7. The summed E-state index contributed by atoms with van der Waals surface area (Å²) < 4.78 is 43.4. The van der Waals surface area contributed by atoms with E-state index in [4.69, 9.17) is 0 Å². The first-order chi connectivity index (χ1) is 16.2. The maximum Gasteiger partial charge on any atom is 0.241 e. The molecule has 0 fully saturated rings. The van der Waals surface area contributed by atoms with Crippen LogP contribution in [-0.4, -0.2) is 31.2 Å². The Morgan fingerprint density at radius 3 is 2.29 bits per heavy atom. The number of fused-ring (bicyclic) bond motifs is 1. The number of benzene rings is 3. The lowest BCUT2D eigenvalue weighted by Gasteiger charge is -2.30. The molecule has 1 heterocycles. The first kappa shape index (κ1) is 23.9. The monoisotopic (exact) mass is 480 g/mol. The summed E-state index contributed by atoms with van der Waals surface area (Å²) in [5.74, 6) is -0.327. The maximum absolute atomic E-state index is 13.6. The number of hydrogen-bond acceptors (Lipinski definition) is 4. The van der Waals surface area contributed by atoms with Crippen molar-refractivity contribution >= 4 is 32.3 Å². The molecule has 0 saturated carbocycles. The predicted molar refractivity (Wildman–Crippen MR) is 135 cm³/mol. The van der Waals surface area contributed by atoms with E-state index in [0.29, 0.717) is 17.9 Å². The van der Waals surface area contributed by atoms with Crippen molar-refractivity contribution < 1.29 is 12.8 Å². The highest BCUT2D eigenvalue weighted by Crippen LogP contribution is 2.29. The average Bonchev–Trinajstić information content (AvgIpc) is 3.24. The van der Waals surface area contributed by atoms with E-state index in [1.807, 2.05) is 62.9 Å². The van der Waals surface area contributed by atoms with E-state index in [1.165, 1.54) is 12.1 Å². The van der Waals surface area contributed by atoms with Crippen molar-refractivity contribution in [2.24, 2.45) is 0 Å². The summed E-state index contributed by atoms with van der Waals surface area (Å²) in [5, 5.41) is 7.96. The first-order valence-electron chi connectivity index (χ1n) is 11.2. The smallest absolute Gasteiger partial charge is 0.241 e. The van der Waals surface area contributed by atoms with Crippen LogP contribution in [0.1, 0.15) is 30.0 Å². The van der Waals surface area contributed by atoms with Crippen molar-refractivity contribution in [1.29, 1.82) is 0 Å². The molecular formula is C26H29FN4O2S. The van der Waals surface area contributed by atoms with Crippen LogP contribution in [0.5, 0.6) is 0 Å². The number of sulfonamides is 1. The van der Waals surface area contributed by atoms with Crippen molar-refractivity contribution in [2.75, 3.05) is 11.4 Å². The third kappa shape index (κ3) is 4.98. The number of anilines is 2. The van der Waals surface area contributed by atoms with E-state index in [2.05, 4.69) is 14.9 Å². The number of rotatable bonds is 8. The first-order valence-corrected chi connectivity index (χ1v) is 12.7. The van der Waals surface area contributed by atoms with E-state index in [0.717, 1.165) is 39.0 Å². The average molecular weight is 481 g/mol. The highest BCUT2D eigenvalue weighted by Gasteiger charge is 2.25. The molecule has 6 nitrogen and oxygen atoms in total. The van der Waals surface area contributed by atoms with Crippen molar-refractivity contribution in [3.8, 4) is 0 Å². The molecule has 0 aliphatic rings. The Kier molecular flexibility index (Phi) is 6.72. The topological polar surface area (TPSA) is 78.1 Å². The zero-order chi connectivity index (χ0) is 24.5. The molecule has 0 radical (unpaired) electrons. The van der Waals surface area contributed by atoms with E-state index < -0.39 is 10.0 Å². The second-order valence-electron chi connectivity index (χ2n) is 8.68. The van der Waals surface area contributed by atoms with Gasteiger partial charge >= 0.3 is 0 Å². The van der Waals surface area contributed by atoms with Gasteiger partial charge in [0.2, 0.25) is 10.0 Å². The van der Waals surface area contributed by atoms with Gasteiger partial charge in [0, 0.05) is 29.3 Å². The largest absolute Gasteiger partial charge is 0.340 e. The van der Waals surface area contributed by atoms with Crippen LogP contribution in [0.15, 0.2) is 65.7 Å². The minimum atomic E-state index is -3.74. The zero-order valence-electron chi connectivity index (χ0n) is 19.8. The van der Waals surface area contributed by atoms with E-state index in [1.54, 1.807) is 18.3 Å². The predicted octanol–water partition coefficient (Wildman–Crippen LogP) is 5.52. The molecule has 4 rings (SSSR count). The minimum Gasteiger partial charge on any atom is -0.340 e. The summed E-state index contributed by atoms with van der Waals surface area (Å²) in [7, 11) is -3.74. The molecule has 1 atom stereocenters. The summed E-state index contributed by atoms with van der Waals surface area (Å²) >= 11 is 0. The van der Waals surface area contributed by atoms with Gasteiger partial charge in [0.15, 0.2) is 0 Å². The Hall–Kier alpha value is -3.23. The molecule has 3 aromatic carbocycles. The number of H-pyrrole nitrogens is 1. The third-order valence-electron chi connectivity index (χ3n) is 5.96. The SMILES string of the molecule is CCC(CN(c1ccc(F)cc1)c1ccc2[nH]ncc2c1)NS(=O)(=O)c1c(C)cc(C)cc1C. The molecule has 1 unspecified atom stereocenters. The van der Waals surface area contributed by atoms with Crippen LogP contribution in [0, 0.1) is 26.6 Å². The number of aryl methyl sites for hydroxylation is 3. The lowest BCUT2D eigenvalue weighted by atomic mass is 10.1. The second-order valence-corrected chi connectivity index (χ2v) is 10.3.